The van der Waals surface area contributed by atoms with Crippen molar-refractivity contribution in [3.63, 3.8) is 0 Å². The predicted molar refractivity (Wildman–Crippen MR) is 249 cm³/mol. The number of hydrogen-bond donors (Lipinski definition) is 16. The van der Waals surface area contributed by atoms with E-state index < -0.39 is 194 Å². The summed E-state index contributed by atoms with van der Waals surface area (Å²) >= 11 is 4.10. The lowest BCUT2D eigenvalue weighted by Crippen LogP contribution is -2.62. The summed E-state index contributed by atoms with van der Waals surface area (Å²) in [7, 11) is 0. The monoisotopic (exact) mass is 1050 g/mol. The number of carbonyl (C=O) groups is 13. The van der Waals surface area contributed by atoms with Crippen molar-refractivity contribution in [1.29, 1.82) is 0 Å². The molecule has 12 atom stereocenters. The van der Waals surface area contributed by atoms with Gasteiger partial charge in [0.1, 0.15) is 54.4 Å². The predicted octanol–water partition coefficient (Wildman–Crippen LogP) is -9.12. The number of hydrogen-bond acceptors (Lipinski definition) is 18. The molecule has 9 unspecified atom stereocenters. The van der Waals surface area contributed by atoms with Crippen LogP contribution in [0, 0.1) is 0 Å². The van der Waals surface area contributed by atoms with Crippen LogP contribution in [-0.4, -0.2) is 205 Å². The van der Waals surface area contributed by atoms with Crippen molar-refractivity contribution < 1.29 is 82.8 Å². The number of nitrogens with one attached hydrogen (secondary N) is 7. The minimum Gasteiger partial charge on any atom is -0.481 e. The first-order valence-corrected chi connectivity index (χ1v) is 23.4. The van der Waals surface area contributed by atoms with Crippen LogP contribution in [-0.2, 0) is 62.3 Å². The molecule has 2 saturated heterocycles. The fourth-order valence-electron chi connectivity index (χ4n) is 7.51. The number of carboxylic acids is 1. The largest absolute Gasteiger partial charge is 0.481 e. The van der Waals surface area contributed by atoms with Crippen molar-refractivity contribution in [1.82, 2.24) is 47.0 Å². The first kappa shape index (κ1) is 61.4. The summed E-state index contributed by atoms with van der Waals surface area (Å²) in [5, 5.41) is 55.7. The second-order valence-corrected chi connectivity index (χ2v) is 17.7. The number of thiol groups is 1. The van der Waals surface area contributed by atoms with Crippen molar-refractivity contribution in [3.05, 3.63) is 0 Å². The van der Waals surface area contributed by atoms with Gasteiger partial charge in [-0.3, -0.25) is 62.3 Å². The highest BCUT2D eigenvalue weighted by molar-refractivity contribution is 7.80. The summed E-state index contributed by atoms with van der Waals surface area (Å²) in [6, 6.07) is -14.1. The minimum absolute atomic E-state index is 0.0204. The Hall–Kier alpha value is -6.70. The van der Waals surface area contributed by atoms with E-state index >= 15 is 0 Å². The Labute approximate surface area is 417 Å². The number of aliphatic hydroxyl groups excluding tert-OH is 3. The maximum atomic E-state index is 13.9. The standard InChI is InChI=1S/C41H67N13O17S/c1-17(55)30(44)39(69)48-21(9-11-29(61)62)35(65)52-32(19(3)57)41(71)54-13-5-7-25(54)38(68)47-20(8-10-26(42)58)34(64)50-23(16-72)37(67)49-22(14-27(43)59)36(66)51-31(18(2)56)40(70)46-15-28(60)53-12-4-6-24(53)33(45)63/h17-25,30-32,55-57,72H,4-16,44H2,1-3H3,(H2,42,58)(H2,43,59)(H2,45,63)(H,46,70)(H,47,68)(H,48,69)(H,49,67)(H,50,64)(H,51,66)(H,52,65)(H,61,62)/t17-,18+,19-,20?,21?,22?,23?,24?,25?,30?,31?,32?/m1/s1. The Morgan fingerprint density at radius 1 is 0.583 bits per heavy atom. The molecular weight excluding hydrogens is 979 g/mol. The molecule has 0 aromatic heterocycles. The van der Waals surface area contributed by atoms with Crippen LogP contribution in [0.4, 0.5) is 0 Å². The smallest absolute Gasteiger partial charge is 0.303 e. The molecule has 2 aliphatic heterocycles. The second-order valence-electron chi connectivity index (χ2n) is 17.3. The molecule has 12 amide bonds. The SMILES string of the molecule is C[C@H](O)C(NC(=O)C(CC(N)=O)NC(=O)C(CS)NC(=O)C(CCC(N)=O)NC(=O)C1CCCN1C(=O)C(NC(=O)C(CCC(=O)O)NC(=O)C(N)[C@@H](C)O)[C@@H](C)O)C(=O)NCC(=O)N1CCCC1C(N)=O. The van der Waals surface area contributed by atoms with Gasteiger partial charge in [0.05, 0.1) is 31.3 Å². The third kappa shape index (κ3) is 18.8. The fraction of sp³-hybridized carbons (Fsp3) is 0.683. The lowest BCUT2D eigenvalue weighted by molar-refractivity contribution is -0.145. The molecule has 0 saturated carbocycles. The van der Waals surface area contributed by atoms with Gasteiger partial charge in [-0.2, -0.15) is 12.6 Å². The van der Waals surface area contributed by atoms with E-state index in [0.717, 1.165) is 18.7 Å². The highest BCUT2D eigenvalue weighted by atomic mass is 32.1. The van der Waals surface area contributed by atoms with Gasteiger partial charge in [-0.1, -0.05) is 0 Å². The number of nitrogens with zero attached hydrogens (tertiary/aromatic N) is 2. The summed E-state index contributed by atoms with van der Waals surface area (Å²) in [6.45, 7) is 2.86. The van der Waals surface area contributed by atoms with Gasteiger partial charge in [0, 0.05) is 31.7 Å². The number of nitrogens with two attached hydrogens (primary N) is 4. The van der Waals surface area contributed by atoms with Crippen LogP contribution in [0.2, 0.25) is 0 Å². The van der Waals surface area contributed by atoms with E-state index in [1.165, 1.54) is 11.8 Å². The molecule has 0 aromatic carbocycles. The molecule has 0 aromatic rings. The molecule has 2 aliphatic rings. The summed E-state index contributed by atoms with van der Waals surface area (Å²) in [4.78, 5) is 169. The Balaban J connectivity index is 2.25. The van der Waals surface area contributed by atoms with Crippen molar-refractivity contribution in [2.45, 2.75) is 151 Å². The zero-order valence-electron chi connectivity index (χ0n) is 39.9. The van der Waals surface area contributed by atoms with Gasteiger partial charge in [0.25, 0.3) is 0 Å². The van der Waals surface area contributed by atoms with E-state index in [4.69, 9.17) is 22.9 Å². The van der Waals surface area contributed by atoms with E-state index in [1.54, 1.807) is 0 Å². The van der Waals surface area contributed by atoms with Gasteiger partial charge in [-0.05, 0) is 59.3 Å². The summed E-state index contributed by atoms with van der Waals surface area (Å²) in [5.74, 6) is -14.0. The van der Waals surface area contributed by atoms with Crippen molar-refractivity contribution >= 4 is 89.5 Å². The maximum Gasteiger partial charge on any atom is 0.303 e. The van der Waals surface area contributed by atoms with Gasteiger partial charge in [-0.15, -0.1) is 0 Å². The van der Waals surface area contributed by atoms with Gasteiger partial charge in [-0.25, -0.2) is 0 Å². The van der Waals surface area contributed by atoms with Crippen LogP contribution in [0.15, 0.2) is 0 Å². The number of likely N-dealkylation sites (tertiary alicyclic amines) is 2. The first-order chi connectivity index (χ1) is 33.6. The number of carbonyl (C=O) groups excluding carboxylic acids is 12. The van der Waals surface area contributed by atoms with E-state index in [1.807, 2.05) is 0 Å². The lowest BCUT2D eigenvalue weighted by atomic mass is 10.1. The topological polar surface area (TPSA) is 498 Å². The van der Waals surface area contributed by atoms with E-state index in [0.29, 0.717) is 12.8 Å². The summed E-state index contributed by atoms with van der Waals surface area (Å²) in [5.41, 5.74) is 21.6. The molecule has 2 heterocycles. The molecule has 72 heavy (non-hydrogen) atoms. The fourth-order valence-corrected chi connectivity index (χ4v) is 7.77. The average molecular weight is 1050 g/mol. The Bertz CT molecular complexity index is 2050. The zero-order valence-corrected chi connectivity index (χ0v) is 40.8. The van der Waals surface area contributed by atoms with Crippen LogP contribution in [0.3, 0.4) is 0 Å². The van der Waals surface area contributed by atoms with Crippen LogP contribution in [0.25, 0.3) is 0 Å². The minimum atomic E-state index is -1.85. The zero-order chi connectivity index (χ0) is 54.7. The average Bonchev–Trinajstić information content (AvgIpc) is 4.01. The number of primary amides is 3. The van der Waals surface area contributed by atoms with Gasteiger partial charge in [0.2, 0.25) is 70.9 Å². The molecule has 0 aliphatic carbocycles. The molecule has 404 valence electrons. The third-order valence-corrected chi connectivity index (χ3v) is 11.9. The highest BCUT2D eigenvalue weighted by Crippen LogP contribution is 2.21. The molecule has 0 spiro atoms. The highest BCUT2D eigenvalue weighted by Gasteiger charge is 2.42. The molecule has 2 fully saturated rings. The lowest BCUT2D eigenvalue weighted by Gasteiger charge is -2.32. The van der Waals surface area contributed by atoms with Crippen LogP contribution in [0.5, 0.6) is 0 Å². The van der Waals surface area contributed by atoms with Gasteiger partial charge in [0.15, 0.2) is 0 Å². The van der Waals surface area contributed by atoms with Gasteiger partial charge >= 0.3 is 5.97 Å². The van der Waals surface area contributed by atoms with Crippen LogP contribution < -0.4 is 60.2 Å². The number of aliphatic carboxylic acids is 1. The Morgan fingerprint density at radius 2 is 1.07 bits per heavy atom. The molecule has 31 heteroatoms. The normalized spacial score (nSPS) is 19.5. The number of amides is 12. The summed E-state index contributed by atoms with van der Waals surface area (Å²) in [6.07, 6.45) is -6.64. The second kappa shape index (κ2) is 29.0. The van der Waals surface area contributed by atoms with Crippen molar-refractivity contribution in [2.24, 2.45) is 22.9 Å². The van der Waals surface area contributed by atoms with Crippen LogP contribution in [0.1, 0.15) is 78.6 Å². The Morgan fingerprint density at radius 3 is 1.60 bits per heavy atom. The number of rotatable bonds is 29. The van der Waals surface area contributed by atoms with E-state index in [2.05, 4.69) is 49.8 Å². The number of carboxylic acid groups (broad SMARTS) is 1. The van der Waals surface area contributed by atoms with E-state index in [-0.39, 0.29) is 25.9 Å². The molecule has 2 rings (SSSR count). The molecule has 0 radical (unpaired) electrons. The first-order valence-electron chi connectivity index (χ1n) is 22.8. The molecule has 30 nitrogen and oxygen atoms in total. The Kier molecular flexibility index (Phi) is 24.7. The molecule has 0 bridgehead atoms. The van der Waals surface area contributed by atoms with Crippen molar-refractivity contribution in [3.8, 4) is 0 Å². The molecular formula is C41H67N13O17S. The number of aliphatic hydroxyl groups is 3. The molecule has 19 N–H and O–H groups in total. The third-order valence-electron chi connectivity index (χ3n) is 11.5. The van der Waals surface area contributed by atoms with Crippen molar-refractivity contribution in [2.75, 3.05) is 25.4 Å². The maximum absolute atomic E-state index is 13.9. The quantitative estimate of drug-likeness (QED) is 0.0309. The van der Waals surface area contributed by atoms with Crippen LogP contribution >= 0.6 is 12.6 Å². The van der Waals surface area contributed by atoms with Gasteiger partial charge < -0.3 is 90.4 Å². The summed E-state index contributed by atoms with van der Waals surface area (Å²) < 4.78 is 0. The van der Waals surface area contributed by atoms with E-state index in [9.17, 15) is 82.8 Å².